The monoisotopic (exact) mass is 205 g/mol. The van der Waals surface area contributed by atoms with Crippen LogP contribution >= 0.6 is 12.4 Å². The molecule has 1 fully saturated rings. The fraction of sp³-hybridized carbons (Fsp3) is 0.714. The zero-order chi connectivity index (χ0) is 8.39. The molecule has 1 aromatic heterocycles. The molecule has 0 atom stereocenters. The summed E-state index contributed by atoms with van der Waals surface area (Å²) in [5.74, 6) is 1.21. The van der Waals surface area contributed by atoms with Crippen LogP contribution in [0.1, 0.15) is 11.7 Å². The number of nitrogens with zero attached hydrogens (tertiary/aromatic N) is 2. The molecule has 2 heterocycles. The number of aryl methyl sites for hydroxylation is 1. The van der Waals surface area contributed by atoms with E-state index in [0.29, 0.717) is 24.4 Å². The maximum Gasteiger partial charge on any atom is 0.252 e. The van der Waals surface area contributed by atoms with Crippen molar-refractivity contribution in [3.63, 3.8) is 0 Å². The van der Waals surface area contributed by atoms with Crippen molar-refractivity contribution in [2.75, 3.05) is 13.1 Å². The van der Waals surface area contributed by atoms with E-state index in [0.717, 1.165) is 13.1 Å². The number of rotatable bonds is 3. The predicted octanol–water partition coefficient (Wildman–Crippen LogP) is 0.288. The van der Waals surface area contributed by atoms with Crippen molar-refractivity contribution in [1.29, 1.82) is 0 Å². The third-order valence-corrected chi connectivity index (χ3v) is 1.76. The second-order valence-electron chi connectivity index (χ2n) is 2.83. The summed E-state index contributed by atoms with van der Waals surface area (Å²) in [5.41, 5.74) is 0. The van der Waals surface area contributed by atoms with Crippen LogP contribution in [0.3, 0.4) is 0 Å². The Morgan fingerprint density at radius 2 is 2.38 bits per heavy atom. The average molecular weight is 206 g/mol. The molecule has 0 amide bonds. The highest BCUT2D eigenvalue weighted by molar-refractivity contribution is 5.85. The molecule has 0 bridgehead atoms. The quantitative estimate of drug-likeness (QED) is 0.769. The summed E-state index contributed by atoms with van der Waals surface area (Å²) >= 11 is 0. The van der Waals surface area contributed by atoms with Gasteiger partial charge in [0.1, 0.15) is 6.61 Å². The Labute approximate surface area is 82.3 Å². The van der Waals surface area contributed by atoms with Gasteiger partial charge in [-0.25, -0.2) is 0 Å². The van der Waals surface area contributed by atoms with Gasteiger partial charge in [-0.1, -0.05) is 5.16 Å². The molecule has 0 aliphatic carbocycles. The fourth-order valence-electron chi connectivity index (χ4n) is 0.968. The summed E-state index contributed by atoms with van der Waals surface area (Å²) in [6, 6.07) is 0. The molecule has 2 rings (SSSR count). The molecular formula is C7H12ClN3O2. The maximum absolute atomic E-state index is 5.42. The third-order valence-electron chi connectivity index (χ3n) is 1.76. The van der Waals surface area contributed by atoms with Crippen LogP contribution in [0.15, 0.2) is 4.52 Å². The Hall–Kier alpha value is -0.650. The Morgan fingerprint density at radius 3 is 2.85 bits per heavy atom. The molecule has 1 saturated heterocycles. The second-order valence-corrected chi connectivity index (χ2v) is 2.83. The van der Waals surface area contributed by atoms with Crippen LogP contribution in [0.25, 0.3) is 0 Å². The largest absolute Gasteiger partial charge is 0.366 e. The summed E-state index contributed by atoms with van der Waals surface area (Å²) in [7, 11) is 0. The van der Waals surface area contributed by atoms with Crippen LogP contribution in [0.4, 0.5) is 0 Å². The zero-order valence-corrected chi connectivity index (χ0v) is 8.13. The fourth-order valence-corrected chi connectivity index (χ4v) is 0.968. The molecular weight excluding hydrogens is 194 g/mol. The first kappa shape index (κ1) is 10.4. The molecule has 5 nitrogen and oxygen atoms in total. The van der Waals surface area contributed by atoms with Crippen molar-refractivity contribution in [2.24, 2.45) is 0 Å². The van der Waals surface area contributed by atoms with Gasteiger partial charge in [-0.05, 0) is 6.92 Å². The number of halogens is 1. The Balaban J connectivity index is 0.000000845. The van der Waals surface area contributed by atoms with E-state index in [2.05, 4.69) is 15.5 Å². The zero-order valence-electron chi connectivity index (χ0n) is 7.32. The van der Waals surface area contributed by atoms with Crippen LogP contribution in [-0.4, -0.2) is 29.3 Å². The molecule has 0 radical (unpaired) electrons. The first-order valence-corrected chi connectivity index (χ1v) is 3.96. The van der Waals surface area contributed by atoms with Crippen LogP contribution in [0, 0.1) is 6.92 Å². The third kappa shape index (κ3) is 2.65. The smallest absolute Gasteiger partial charge is 0.252 e. The SMILES string of the molecule is Cc1noc(COC2CNC2)n1.Cl. The van der Waals surface area contributed by atoms with E-state index >= 15 is 0 Å². The van der Waals surface area contributed by atoms with Gasteiger partial charge in [-0.3, -0.25) is 0 Å². The van der Waals surface area contributed by atoms with Gasteiger partial charge < -0.3 is 14.6 Å². The van der Waals surface area contributed by atoms with E-state index in [1.807, 2.05) is 0 Å². The molecule has 0 aromatic carbocycles. The molecule has 1 aromatic rings. The average Bonchev–Trinajstić information content (AvgIpc) is 2.32. The number of nitrogens with one attached hydrogen (secondary N) is 1. The lowest BCUT2D eigenvalue weighted by Crippen LogP contribution is -2.48. The number of hydrogen-bond acceptors (Lipinski definition) is 5. The molecule has 1 aliphatic rings. The summed E-state index contributed by atoms with van der Waals surface area (Å²) < 4.78 is 10.3. The van der Waals surface area contributed by atoms with Gasteiger partial charge in [0.15, 0.2) is 5.82 Å². The van der Waals surface area contributed by atoms with Crippen LogP contribution in [0.2, 0.25) is 0 Å². The van der Waals surface area contributed by atoms with Crippen LogP contribution in [0.5, 0.6) is 0 Å². The van der Waals surface area contributed by atoms with Crippen LogP contribution in [-0.2, 0) is 11.3 Å². The lowest BCUT2D eigenvalue weighted by Gasteiger charge is -2.26. The highest BCUT2D eigenvalue weighted by Gasteiger charge is 2.17. The first-order valence-electron chi connectivity index (χ1n) is 3.96. The minimum absolute atomic E-state index is 0. The van der Waals surface area contributed by atoms with E-state index in [-0.39, 0.29) is 12.4 Å². The van der Waals surface area contributed by atoms with Crippen molar-refractivity contribution in [2.45, 2.75) is 19.6 Å². The van der Waals surface area contributed by atoms with E-state index in [4.69, 9.17) is 9.26 Å². The summed E-state index contributed by atoms with van der Waals surface area (Å²) in [6.45, 7) is 4.06. The predicted molar refractivity (Wildman–Crippen MR) is 47.7 cm³/mol. The summed E-state index contributed by atoms with van der Waals surface area (Å²) in [6.07, 6.45) is 0.317. The summed E-state index contributed by atoms with van der Waals surface area (Å²) in [4.78, 5) is 4.02. The molecule has 0 spiro atoms. The van der Waals surface area contributed by atoms with Crippen molar-refractivity contribution >= 4 is 12.4 Å². The number of aromatic nitrogens is 2. The van der Waals surface area contributed by atoms with Gasteiger partial charge in [0, 0.05) is 13.1 Å². The normalized spacial score (nSPS) is 16.4. The first-order chi connectivity index (χ1) is 5.84. The minimum Gasteiger partial charge on any atom is -0.366 e. The van der Waals surface area contributed by atoms with Gasteiger partial charge in [-0.2, -0.15) is 4.98 Å². The highest BCUT2D eigenvalue weighted by atomic mass is 35.5. The Kier molecular flexibility index (Phi) is 3.65. The van der Waals surface area contributed by atoms with E-state index in [1.54, 1.807) is 6.92 Å². The van der Waals surface area contributed by atoms with Crippen LogP contribution < -0.4 is 5.32 Å². The minimum atomic E-state index is 0. The molecule has 74 valence electrons. The number of ether oxygens (including phenoxy) is 1. The van der Waals surface area contributed by atoms with E-state index in [9.17, 15) is 0 Å². The van der Waals surface area contributed by atoms with Gasteiger partial charge in [0.2, 0.25) is 0 Å². The Bertz CT molecular complexity index is 262. The number of hydrogen-bond donors (Lipinski definition) is 1. The molecule has 6 heteroatoms. The highest BCUT2D eigenvalue weighted by Crippen LogP contribution is 2.03. The van der Waals surface area contributed by atoms with Crippen molar-refractivity contribution in [3.05, 3.63) is 11.7 Å². The van der Waals surface area contributed by atoms with Gasteiger partial charge >= 0.3 is 0 Å². The van der Waals surface area contributed by atoms with Crippen molar-refractivity contribution < 1.29 is 9.26 Å². The van der Waals surface area contributed by atoms with Gasteiger partial charge in [-0.15, -0.1) is 12.4 Å². The topological polar surface area (TPSA) is 60.2 Å². The van der Waals surface area contributed by atoms with E-state index < -0.39 is 0 Å². The van der Waals surface area contributed by atoms with Crippen molar-refractivity contribution in [1.82, 2.24) is 15.5 Å². The molecule has 1 N–H and O–H groups in total. The molecule has 1 aliphatic heterocycles. The molecule has 13 heavy (non-hydrogen) atoms. The maximum atomic E-state index is 5.42. The second kappa shape index (κ2) is 4.55. The van der Waals surface area contributed by atoms with Gasteiger partial charge in [0.05, 0.1) is 6.10 Å². The standard InChI is InChI=1S/C7H11N3O2.ClH/c1-5-9-7(12-10-5)4-11-6-2-8-3-6;/h6,8H,2-4H2,1H3;1H. The lowest BCUT2D eigenvalue weighted by molar-refractivity contribution is -0.00397. The van der Waals surface area contributed by atoms with Crippen molar-refractivity contribution in [3.8, 4) is 0 Å². The molecule has 0 unspecified atom stereocenters. The van der Waals surface area contributed by atoms with Gasteiger partial charge in [0.25, 0.3) is 5.89 Å². The lowest BCUT2D eigenvalue weighted by atomic mass is 10.2. The Morgan fingerprint density at radius 1 is 1.62 bits per heavy atom. The summed E-state index contributed by atoms with van der Waals surface area (Å²) in [5, 5.41) is 6.77. The van der Waals surface area contributed by atoms with E-state index in [1.165, 1.54) is 0 Å². The molecule has 0 saturated carbocycles.